The number of aryl methyl sites for hydroxylation is 4. The van der Waals surface area contributed by atoms with Crippen molar-refractivity contribution in [2.24, 2.45) is 5.92 Å². The summed E-state index contributed by atoms with van der Waals surface area (Å²) >= 11 is 1.67. The van der Waals surface area contributed by atoms with Crippen LogP contribution in [0.4, 0.5) is 0 Å². The predicted molar refractivity (Wildman–Crippen MR) is 93.2 cm³/mol. The van der Waals surface area contributed by atoms with Crippen LogP contribution in [0.2, 0.25) is 0 Å². The first-order valence-corrected chi connectivity index (χ1v) is 9.07. The molecular formula is C17H21N5OS. The molecule has 1 aliphatic rings. The first-order valence-electron chi connectivity index (χ1n) is 8.25. The number of amides is 1. The van der Waals surface area contributed by atoms with Crippen molar-refractivity contribution >= 4 is 22.2 Å². The van der Waals surface area contributed by atoms with Gasteiger partial charge in [0.25, 0.3) is 0 Å². The Labute approximate surface area is 144 Å². The summed E-state index contributed by atoms with van der Waals surface area (Å²) in [7, 11) is 0. The van der Waals surface area contributed by atoms with Crippen LogP contribution in [0.15, 0.2) is 12.4 Å². The number of hydrogen-bond acceptors (Lipinski definition) is 4. The van der Waals surface area contributed by atoms with E-state index in [4.69, 9.17) is 0 Å². The molecule has 0 aliphatic carbocycles. The smallest absolute Gasteiger partial charge is 0.225 e. The van der Waals surface area contributed by atoms with Gasteiger partial charge in [0.1, 0.15) is 5.82 Å². The van der Waals surface area contributed by atoms with Crippen LogP contribution < -0.4 is 5.32 Å². The summed E-state index contributed by atoms with van der Waals surface area (Å²) in [6, 6.07) is 0. The van der Waals surface area contributed by atoms with Crippen molar-refractivity contribution in [2.45, 2.75) is 46.7 Å². The molecule has 0 saturated heterocycles. The number of rotatable bonds is 3. The van der Waals surface area contributed by atoms with E-state index in [0.29, 0.717) is 6.54 Å². The molecule has 126 valence electrons. The van der Waals surface area contributed by atoms with Crippen LogP contribution in [-0.2, 0) is 24.3 Å². The van der Waals surface area contributed by atoms with E-state index < -0.39 is 0 Å². The van der Waals surface area contributed by atoms with E-state index in [1.807, 2.05) is 20.0 Å². The fraction of sp³-hybridized carbons (Fsp3) is 0.471. The molecular weight excluding hydrogens is 322 g/mol. The molecule has 4 rings (SSSR count). The van der Waals surface area contributed by atoms with Gasteiger partial charge in [-0.1, -0.05) is 0 Å². The topological polar surface area (TPSA) is 64.2 Å². The van der Waals surface area contributed by atoms with Gasteiger partial charge in [0.05, 0.1) is 23.9 Å². The van der Waals surface area contributed by atoms with Crippen molar-refractivity contribution in [1.29, 1.82) is 0 Å². The molecule has 0 saturated carbocycles. The maximum atomic E-state index is 12.6. The quantitative estimate of drug-likeness (QED) is 0.794. The van der Waals surface area contributed by atoms with Gasteiger partial charge in [-0.2, -0.15) is 0 Å². The lowest BCUT2D eigenvalue weighted by Gasteiger charge is -2.24. The highest BCUT2D eigenvalue weighted by Crippen LogP contribution is 2.23. The Morgan fingerprint density at radius 2 is 2.25 bits per heavy atom. The molecule has 0 fully saturated rings. The SMILES string of the molecule is Cc1cn2c(CNC(=O)C3CCc4ncc(C)n4C3)c(C)nc2s1. The Bertz CT molecular complexity index is 919. The number of aromatic nitrogens is 4. The lowest BCUT2D eigenvalue weighted by Crippen LogP contribution is -2.36. The van der Waals surface area contributed by atoms with E-state index in [1.54, 1.807) is 11.3 Å². The van der Waals surface area contributed by atoms with Gasteiger partial charge >= 0.3 is 0 Å². The molecule has 4 heterocycles. The van der Waals surface area contributed by atoms with E-state index in [-0.39, 0.29) is 11.8 Å². The number of thiazole rings is 1. The van der Waals surface area contributed by atoms with E-state index in [0.717, 1.165) is 47.3 Å². The molecule has 0 spiro atoms. The summed E-state index contributed by atoms with van der Waals surface area (Å²) in [5.74, 6) is 1.23. The van der Waals surface area contributed by atoms with Gasteiger partial charge < -0.3 is 9.88 Å². The first-order chi connectivity index (χ1) is 11.5. The molecule has 3 aromatic rings. The van der Waals surface area contributed by atoms with Crippen molar-refractivity contribution in [1.82, 2.24) is 24.3 Å². The maximum Gasteiger partial charge on any atom is 0.225 e. The summed E-state index contributed by atoms with van der Waals surface area (Å²) in [5.41, 5.74) is 3.18. The van der Waals surface area contributed by atoms with E-state index in [2.05, 4.69) is 37.4 Å². The third-order valence-corrected chi connectivity index (χ3v) is 5.70. The fourth-order valence-electron chi connectivity index (χ4n) is 3.43. The Morgan fingerprint density at radius 3 is 3.08 bits per heavy atom. The van der Waals surface area contributed by atoms with Crippen LogP contribution >= 0.6 is 11.3 Å². The molecule has 3 aromatic heterocycles. The normalized spacial score (nSPS) is 17.2. The number of carbonyl (C=O) groups excluding carboxylic acids is 1. The molecule has 1 N–H and O–H groups in total. The molecule has 0 bridgehead atoms. The monoisotopic (exact) mass is 343 g/mol. The van der Waals surface area contributed by atoms with Crippen LogP contribution in [0, 0.1) is 26.7 Å². The molecule has 0 radical (unpaired) electrons. The van der Waals surface area contributed by atoms with Crippen LogP contribution in [0.5, 0.6) is 0 Å². The second kappa shape index (κ2) is 5.73. The molecule has 1 aliphatic heterocycles. The number of nitrogens with zero attached hydrogens (tertiary/aromatic N) is 4. The van der Waals surface area contributed by atoms with Gasteiger partial charge in [0, 0.05) is 35.9 Å². The third-order valence-electron chi connectivity index (χ3n) is 4.80. The van der Waals surface area contributed by atoms with Crippen molar-refractivity contribution in [2.75, 3.05) is 0 Å². The summed E-state index contributed by atoms with van der Waals surface area (Å²) < 4.78 is 4.26. The molecule has 7 heteroatoms. The fourth-order valence-corrected chi connectivity index (χ4v) is 4.32. The molecule has 1 unspecified atom stereocenters. The third kappa shape index (κ3) is 2.53. The molecule has 1 amide bonds. The zero-order valence-electron chi connectivity index (χ0n) is 14.2. The number of carbonyl (C=O) groups is 1. The average Bonchev–Trinajstić information content (AvgIpc) is 3.18. The van der Waals surface area contributed by atoms with Crippen molar-refractivity contribution < 1.29 is 4.79 Å². The van der Waals surface area contributed by atoms with Crippen molar-refractivity contribution in [3.05, 3.63) is 40.2 Å². The summed E-state index contributed by atoms with van der Waals surface area (Å²) in [5, 5.41) is 3.11. The minimum atomic E-state index is 0.0123. The van der Waals surface area contributed by atoms with Crippen LogP contribution in [0.1, 0.15) is 34.2 Å². The largest absolute Gasteiger partial charge is 0.350 e. The number of hydrogen-bond donors (Lipinski definition) is 1. The summed E-state index contributed by atoms with van der Waals surface area (Å²) in [6.07, 6.45) is 5.70. The molecule has 24 heavy (non-hydrogen) atoms. The zero-order chi connectivity index (χ0) is 16.8. The summed E-state index contributed by atoms with van der Waals surface area (Å²) in [6.45, 7) is 7.37. The van der Waals surface area contributed by atoms with Gasteiger partial charge in [-0.25, -0.2) is 9.97 Å². The second-order valence-corrected chi connectivity index (χ2v) is 7.73. The molecule has 6 nitrogen and oxygen atoms in total. The van der Waals surface area contributed by atoms with Gasteiger partial charge in [-0.15, -0.1) is 11.3 Å². The highest BCUT2D eigenvalue weighted by molar-refractivity contribution is 7.17. The lowest BCUT2D eigenvalue weighted by molar-refractivity contribution is -0.126. The standard InChI is InChI=1S/C17H21N5OS/c1-10-6-18-15-5-4-13(9-21(10)15)16(23)19-7-14-12(3)20-17-22(14)8-11(2)24-17/h6,8,13H,4-5,7,9H2,1-3H3,(H,19,23). The van der Waals surface area contributed by atoms with E-state index in [9.17, 15) is 4.79 Å². The minimum absolute atomic E-state index is 0.0123. The van der Waals surface area contributed by atoms with Gasteiger partial charge in [-0.3, -0.25) is 9.20 Å². The van der Waals surface area contributed by atoms with Crippen molar-refractivity contribution in [3.63, 3.8) is 0 Å². The maximum absolute atomic E-state index is 12.6. The average molecular weight is 343 g/mol. The minimum Gasteiger partial charge on any atom is -0.350 e. The highest BCUT2D eigenvalue weighted by Gasteiger charge is 2.26. The number of fused-ring (bicyclic) bond motifs is 2. The van der Waals surface area contributed by atoms with Crippen LogP contribution in [-0.4, -0.2) is 24.8 Å². The predicted octanol–water partition coefficient (Wildman–Crippen LogP) is 2.40. The van der Waals surface area contributed by atoms with E-state index in [1.165, 1.54) is 4.88 Å². The Kier molecular flexibility index (Phi) is 3.68. The lowest BCUT2D eigenvalue weighted by atomic mass is 9.98. The van der Waals surface area contributed by atoms with Crippen molar-refractivity contribution in [3.8, 4) is 0 Å². The Hall–Kier alpha value is -2.15. The molecule has 1 atom stereocenters. The van der Waals surface area contributed by atoms with Gasteiger partial charge in [0.2, 0.25) is 5.91 Å². The number of imidazole rings is 2. The van der Waals surface area contributed by atoms with Crippen LogP contribution in [0.3, 0.4) is 0 Å². The van der Waals surface area contributed by atoms with Gasteiger partial charge in [-0.05, 0) is 27.2 Å². The number of nitrogens with one attached hydrogen (secondary N) is 1. The highest BCUT2D eigenvalue weighted by atomic mass is 32.1. The van der Waals surface area contributed by atoms with Crippen LogP contribution in [0.25, 0.3) is 4.96 Å². The Balaban J connectivity index is 1.47. The molecule has 0 aromatic carbocycles. The Morgan fingerprint density at radius 1 is 1.42 bits per heavy atom. The first kappa shape index (κ1) is 15.4. The van der Waals surface area contributed by atoms with Gasteiger partial charge in [0.15, 0.2) is 4.96 Å². The zero-order valence-corrected chi connectivity index (χ0v) is 15.0. The second-order valence-electron chi connectivity index (χ2n) is 6.52. The van der Waals surface area contributed by atoms with E-state index >= 15 is 0 Å². The summed E-state index contributed by atoms with van der Waals surface area (Å²) in [4.78, 5) is 23.8.